The van der Waals surface area contributed by atoms with Crippen LogP contribution in [-0.4, -0.2) is 27.7 Å². The third-order valence-electron chi connectivity index (χ3n) is 4.74. The quantitative estimate of drug-likeness (QED) is 0.910. The van der Waals surface area contributed by atoms with E-state index in [1.807, 2.05) is 35.2 Å². The standard InChI is InChI=1S/C20H23N3O2/c21-19(24)16-11-12-18(22-13-16)20(25)23(17-9-5-2-6-10-17)14-15-7-3-1-4-8-15/h1,3-4,7-8,11-13,17H,2,5-6,9-10,14H2,(H2,21,24). The van der Waals surface area contributed by atoms with Crippen LogP contribution in [0.5, 0.6) is 0 Å². The molecule has 0 aliphatic heterocycles. The first-order valence-electron chi connectivity index (χ1n) is 8.76. The Morgan fingerprint density at radius 3 is 2.36 bits per heavy atom. The number of carbonyl (C=O) groups excluding carboxylic acids is 2. The van der Waals surface area contributed by atoms with Crippen LogP contribution in [0, 0.1) is 0 Å². The minimum atomic E-state index is -0.542. The minimum Gasteiger partial charge on any atom is -0.366 e. The summed E-state index contributed by atoms with van der Waals surface area (Å²) in [7, 11) is 0. The summed E-state index contributed by atoms with van der Waals surface area (Å²) in [6.07, 6.45) is 6.96. The maximum absolute atomic E-state index is 13.1. The molecule has 1 aliphatic carbocycles. The van der Waals surface area contributed by atoms with Gasteiger partial charge in [-0.2, -0.15) is 0 Å². The Balaban J connectivity index is 1.84. The Morgan fingerprint density at radius 2 is 1.76 bits per heavy atom. The number of amides is 2. The molecule has 3 rings (SSSR count). The second-order valence-corrected chi connectivity index (χ2v) is 6.51. The van der Waals surface area contributed by atoms with Crippen molar-refractivity contribution >= 4 is 11.8 Å². The van der Waals surface area contributed by atoms with Crippen LogP contribution < -0.4 is 5.73 Å². The van der Waals surface area contributed by atoms with Crippen LogP contribution in [0.25, 0.3) is 0 Å². The maximum Gasteiger partial charge on any atom is 0.272 e. The number of nitrogens with zero attached hydrogens (tertiary/aromatic N) is 2. The molecule has 1 aliphatic rings. The summed E-state index contributed by atoms with van der Waals surface area (Å²) >= 11 is 0. The van der Waals surface area contributed by atoms with Crippen molar-refractivity contribution in [3.05, 3.63) is 65.5 Å². The first-order chi connectivity index (χ1) is 12.1. The number of primary amides is 1. The zero-order valence-electron chi connectivity index (χ0n) is 14.2. The topological polar surface area (TPSA) is 76.3 Å². The van der Waals surface area contributed by atoms with Gasteiger partial charge in [-0.25, -0.2) is 0 Å². The van der Waals surface area contributed by atoms with Gasteiger partial charge in [0.05, 0.1) is 5.56 Å². The van der Waals surface area contributed by atoms with Crippen LogP contribution in [0.3, 0.4) is 0 Å². The van der Waals surface area contributed by atoms with Crippen molar-refractivity contribution in [2.24, 2.45) is 5.73 Å². The molecule has 0 saturated heterocycles. The average molecular weight is 337 g/mol. The lowest BCUT2D eigenvalue weighted by atomic mass is 9.93. The predicted molar refractivity (Wildman–Crippen MR) is 95.9 cm³/mol. The van der Waals surface area contributed by atoms with E-state index in [4.69, 9.17) is 5.73 Å². The van der Waals surface area contributed by atoms with E-state index in [1.165, 1.54) is 12.6 Å². The molecule has 1 saturated carbocycles. The molecule has 2 aromatic rings. The van der Waals surface area contributed by atoms with E-state index >= 15 is 0 Å². The predicted octanol–water partition coefficient (Wildman–Crippen LogP) is 3.16. The van der Waals surface area contributed by atoms with E-state index in [9.17, 15) is 9.59 Å². The maximum atomic E-state index is 13.1. The van der Waals surface area contributed by atoms with Crippen molar-refractivity contribution in [3.8, 4) is 0 Å². The van der Waals surface area contributed by atoms with Crippen LogP contribution in [0.4, 0.5) is 0 Å². The van der Waals surface area contributed by atoms with Crippen LogP contribution in [-0.2, 0) is 6.54 Å². The molecule has 0 bridgehead atoms. The van der Waals surface area contributed by atoms with E-state index in [-0.39, 0.29) is 11.9 Å². The number of benzene rings is 1. The van der Waals surface area contributed by atoms with E-state index < -0.39 is 5.91 Å². The number of pyridine rings is 1. The highest BCUT2D eigenvalue weighted by molar-refractivity contribution is 5.95. The Morgan fingerprint density at radius 1 is 1.04 bits per heavy atom. The van der Waals surface area contributed by atoms with Gasteiger partial charge in [-0.3, -0.25) is 14.6 Å². The molecular formula is C20H23N3O2. The van der Waals surface area contributed by atoms with Gasteiger partial charge in [0.15, 0.2) is 0 Å². The minimum absolute atomic E-state index is 0.0910. The molecule has 5 nitrogen and oxygen atoms in total. The third kappa shape index (κ3) is 4.24. The molecule has 2 N–H and O–H groups in total. The number of aromatic nitrogens is 1. The summed E-state index contributed by atoms with van der Waals surface area (Å²) in [6.45, 7) is 0.573. The van der Waals surface area contributed by atoms with Crippen molar-refractivity contribution in [2.75, 3.05) is 0 Å². The Hall–Kier alpha value is -2.69. The SMILES string of the molecule is NC(=O)c1ccc(C(=O)N(Cc2ccccc2)C2CCCCC2)nc1. The lowest BCUT2D eigenvalue weighted by Gasteiger charge is -2.34. The Bertz CT molecular complexity index is 722. The molecule has 1 fully saturated rings. The van der Waals surface area contributed by atoms with E-state index in [0.29, 0.717) is 17.8 Å². The molecular weight excluding hydrogens is 314 g/mol. The lowest BCUT2D eigenvalue weighted by Crippen LogP contribution is -2.41. The fraction of sp³-hybridized carbons (Fsp3) is 0.350. The van der Waals surface area contributed by atoms with Gasteiger partial charge in [-0.05, 0) is 30.5 Å². The van der Waals surface area contributed by atoms with Crippen LogP contribution in [0.1, 0.15) is 58.5 Å². The number of hydrogen-bond donors (Lipinski definition) is 1. The zero-order valence-corrected chi connectivity index (χ0v) is 14.2. The molecule has 130 valence electrons. The largest absolute Gasteiger partial charge is 0.366 e. The van der Waals surface area contributed by atoms with Gasteiger partial charge in [-0.1, -0.05) is 49.6 Å². The highest BCUT2D eigenvalue weighted by Crippen LogP contribution is 2.25. The molecule has 5 heteroatoms. The summed E-state index contributed by atoms with van der Waals surface area (Å²) in [6, 6.07) is 13.4. The number of hydrogen-bond acceptors (Lipinski definition) is 3. The Labute approximate surface area is 147 Å². The summed E-state index contributed by atoms with van der Waals surface area (Å²) in [5.41, 5.74) is 7.01. The van der Waals surface area contributed by atoms with Crippen molar-refractivity contribution in [1.82, 2.24) is 9.88 Å². The normalized spacial score (nSPS) is 14.9. The first kappa shape index (κ1) is 17.1. The van der Waals surface area contributed by atoms with Gasteiger partial charge in [0.25, 0.3) is 5.91 Å². The van der Waals surface area contributed by atoms with Crippen LogP contribution >= 0.6 is 0 Å². The van der Waals surface area contributed by atoms with Gasteiger partial charge in [0.1, 0.15) is 5.69 Å². The van der Waals surface area contributed by atoms with Gasteiger partial charge >= 0.3 is 0 Å². The number of nitrogens with two attached hydrogens (primary N) is 1. The molecule has 1 aromatic heterocycles. The van der Waals surface area contributed by atoms with Crippen molar-refractivity contribution < 1.29 is 9.59 Å². The van der Waals surface area contributed by atoms with Gasteiger partial charge in [0.2, 0.25) is 5.91 Å². The fourth-order valence-electron chi connectivity index (χ4n) is 3.35. The average Bonchev–Trinajstić information content (AvgIpc) is 2.67. The molecule has 0 radical (unpaired) electrons. The second-order valence-electron chi connectivity index (χ2n) is 6.51. The molecule has 2 amide bonds. The smallest absolute Gasteiger partial charge is 0.272 e. The summed E-state index contributed by atoms with van der Waals surface area (Å²) in [5, 5.41) is 0. The van der Waals surface area contributed by atoms with Gasteiger partial charge < -0.3 is 10.6 Å². The van der Waals surface area contributed by atoms with Crippen LogP contribution in [0.15, 0.2) is 48.7 Å². The number of carbonyl (C=O) groups is 2. The monoisotopic (exact) mass is 337 g/mol. The highest BCUT2D eigenvalue weighted by Gasteiger charge is 2.27. The third-order valence-corrected chi connectivity index (χ3v) is 4.74. The highest BCUT2D eigenvalue weighted by atomic mass is 16.2. The summed E-state index contributed by atoms with van der Waals surface area (Å²) in [4.78, 5) is 30.4. The van der Waals surface area contributed by atoms with E-state index in [0.717, 1.165) is 31.2 Å². The molecule has 0 atom stereocenters. The molecule has 0 unspecified atom stereocenters. The van der Waals surface area contributed by atoms with Gasteiger partial charge in [-0.15, -0.1) is 0 Å². The Kier molecular flexibility index (Phi) is 5.43. The van der Waals surface area contributed by atoms with Crippen molar-refractivity contribution in [1.29, 1.82) is 0 Å². The fourth-order valence-corrected chi connectivity index (χ4v) is 3.35. The van der Waals surface area contributed by atoms with Crippen LogP contribution in [0.2, 0.25) is 0 Å². The zero-order chi connectivity index (χ0) is 17.6. The first-order valence-corrected chi connectivity index (χ1v) is 8.76. The number of rotatable bonds is 5. The summed E-state index contributed by atoms with van der Waals surface area (Å²) in [5.74, 6) is -0.633. The van der Waals surface area contributed by atoms with Crippen molar-refractivity contribution in [2.45, 2.75) is 44.7 Å². The van der Waals surface area contributed by atoms with E-state index in [1.54, 1.807) is 12.1 Å². The molecule has 1 aromatic carbocycles. The summed E-state index contributed by atoms with van der Waals surface area (Å²) < 4.78 is 0. The van der Waals surface area contributed by atoms with E-state index in [2.05, 4.69) is 4.98 Å². The molecule has 1 heterocycles. The second kappa shape index (κ2) is 7.92. The van der Waals surface area contributed by atoms with Gasteiger partial charge in [0, 0.05) is 18.8 Å². The molecule has 0 spiro atoms. The lowest BCUT2D eigenvalue weighted by molar-refractivity contribution is 0.0607. The molecule has 25 heavy (non-hydrogen) atoms. The van der Waals surface area contributed by atoms with Crippen molar-refractivity contribution in [3.63, 3.8) is 0 Å².